The fourth-order valence-corrected chi connectivity index (χ4v) is 3.00. The Balaban J connectivity index is 1.88. The average Bonchev–Trinajstić information content (AvgIpc) is 2.98. The summed E-state index contributed by atoms with van der Waals surface area (Å²) in [5.74, 6) is 0.153. The number of rotatable bonds is 5. The number of carbonyl (C=O) groups is 2. The number of thiazole rings is 1. The molecule has 0 fully saturated rings. The van der Waals surface area contributed by atoms with E-state index in [-0.39, 0.29) is 11.8 Å². The van der Waals surface area contributed by atoms with Crippen LogP contribution in [-0.2, 0) is 4.79 Å². The number of hydrogen-bond donors (Lipinski definition) is 1. The fraction of sp³-hybridized carbons (Fsp3) is 0.214. The van der Waals surface area contributed by atoms with Gasteiger partial charge in [-0.05, 0) is 24.3 Å². The van der Waals surface area contributed by atoms with Crippen LogP contribution in [0.4, 0.5) is 5.69 Å². The normalized spacial score (nSPS) is 10.2. The van der Waals surface area contributed by atoms with E-state index in [1.54, 1.807) is 44.6 Å². The van der Waals surface area contributed by atoms with Crippen molar-refractivity contribution in [3.05, 3.63) is 41.4 Å². The SMILES string of the molecule is CN(C)C(=O)c1ccc(NC(=O)CSc2nccs2)cc1. The molecule has 110 valence electrons. The molecular weight excluding hydrogens is 306 g/mol. The number of anilines is 1. The zero-order valence-corrected chi connectivity index (χ0v) is 13.3. The molecule has 1 aromatic carbocycles. The van der Waals surface area contributed by atoms with E-state index in [0.29, 0.717) is 17.0 Å². The van der Waals surface area contributed by atoms with Crippen molar-refractivity contribution in [2.45, 2.75) is 4.34 Å². The molecule has 0 aliphatic rings. The zero-order chi connectivity index (χ0) is 15.2. The van der Waals surface area contributed by atoms with Gasteiger partial charge in [0.1, 0.15) is 4.34 Å². The van der Waals surface area contributed by atoms with Crippen molar-refractivity contribution in [3.63, 3.8) is 0 Å². The van der Waals surface area contributed by atoms with Crippen LogP contribution in [0.2, 0.25) is 0 Å². The van der Waals surface area contributed by atoms with Crippen molar-refractivity contribution >= 4 is 40.6 Å². The smallest absolute Gasteiger partial charge is 0.253 e. The Morgan fingerprint density at radius 3 is 2.57 bits per heavy atom. The van der Waals surface area contributed by atoms with Gasteiger partial charge in [0.05, 0.1) is 5.75 Å². The van der Waals surface area contributed by atoms with Crippen LogP contribution in [0.5, 0.6) is 0 Å². The van der Waals surface area contributed by atoms with Crippen molar-refractivity contribution in [1.82, 2.24) is 9.88 Å². The molecule has 0 saturated heterocycles. The van der Waals surface area contributed by atoms with Crippen LogP contribution in [0, 0.1) is 0 Å². The van der Waals surface area contributed by atoms with Gasteiger partial charge in [0, 0.05) is 36.9 Å². The average molecular weight is 321 g/mol. The number of aromatic nitrogens is 1. The van der Waals surface area contributed by atoms with Gasteiger partial charge in [0.25, 0.3) is 5.91 Å². The van der Waals surface area contributed by atoms with Gasteiger partial charge < -0.3 is 10.2 Å². The van der Waals surface area contributed by atoms with Crippen LogP contribution in [0.15, 0.2) is 40.2 Å². The van der Waals surface area contributed by atoms with E-state index >= 15 is 0 Å². The van der Waals surface area contributed by atoms with E-state index < -0.39 is 0 Å². The van der Waals surface area contributed by atoms with E-state index in [0.717, 1.165) is 4.34 Å². The number of thioether (sulfide) groups is 1. The molecule has 5 nitrogen and oxygen atoms in total. The lowest BCUT2D eigenvalue weighted by Crippen LogP contribution is -2.21. The highest BCUT2D eigenvalue weighted by Gasteiger charge is 2.09. The predicted molar refractivity (Wildman–Crippen MR) is 85.9 cm³/mol. The summed E-state index contributed by atoms with van der Waals surface area (Å²) in [6.07, 6.45) is 1.71. The van der Waals surface area contributed by atoms with Gasteiger partial charge >= 0.3 is 0 Å². The maximum Gasteiger partial charge on any atom is 0.253 e. The molecule has 0 saturated carbocycles. The Morgan fingerprint density at radius 2 is 2.00 bits per heavy atom. The Hall–Kier alpha value is -1.86. The number of benzene rings is 1. The Bertz CT molecular complexity index is 610. The molecule has 21 heavy (non-hydrogen) atoms. The highest BCUT2D eigenvalue weighted by Crippen LogP contribution is 2.20. The first-order valence-electron chi connectivity index (χ1n) is 6.20. The summed E-state index contributed by atoms with van der Waals surface area (Å²) >= 11 is 2.91. The van der Waals surface area contributed by atoms with Gasteiger partial charge in [-0.15, -0.1) is 11.3 Å². The highest BCUT2D eigenvalue weighted by atomic mass is 32.2. The molecule has 0 aliphatic carbocycles. The van der Waals surface area contributed by atoms with Crippen LogP contribution in [0.3, 0.4) is 0 Å². The van der Waals surface area contributed by atoms with Crippen molar-refractivity contribution in [2.75, 3.05) is 25.2 Å². The lowest BCUT2D eigenvalue weighted by atomic mass is 10.2. The largest absolute Gasteiger partial charge is 0.345 e. The van der Waals surface area contributed by atoms with Crippen LogP contribution >= 0.6 is 23.1 Å². The first-order valence-corrected chi connectivity index (χ1v) is 8.06. The van der Waals surface area contributed by atoms with Crippen molar-refractivity contribution < 1.29 is 9.59 Å². The molecule has 0 spiro atoms. The van der Waals surface area contributed by atoms with Gasteiger partial charge in [0.15, 0.2) is 0 Å². The van der Waals surface area contributed by atoms with Gasteiger partial charge in [-0.25, -0.2) is 4.98 Å². The molecule has 0 atom stereocenters. The standard InChI is InChI=1S/C14H15N3O2S2/c1-17(2)13(19)10-3-5-11(6-4-10)16-12(18)9-21-14-15-7-8-20-14/h3-8H,9H2,1-2H3,(H,16,18). The molecular formula is C14H15N3O2S2. The second kappa shape index (κ2) is 7.24. The molecule has 2 amide bonds. The lowest BCUT2D eigenvalue weighted by molar-refractivity contribution is -0.113. The topological polar surface area (TPSA) is 62.3 Å². The van der Waals surface area contributed by atoms with E-state index in [2.05, 4.69) is 10.3 Å². The molecule has 2 aromatic rings. The molecule has 0 bridgehead atoms. The summed E-state index contributed by atoms with van der Waals surface area (Å²) in [5, 5.41) is 4.67. The maximum absolute atomic E-state index is 11.8. The summed E-state index contributed by atoms with van der Waals surface area (Å²) in [6, 6.07) is 6.85. The molecule has 0 unspecified atom stereocenters. The summed E-state index contributed by atoms with van der Waals surface area (Å²) < 4.78 is 0.872. The third kappa shape index (κ3) is 4.57. The number of amides is 2. The van der Waals surface area contributed by atoms with Gasteiger partial charge in [-0.1, -0.05) is 11.8 Å². The number of nitrogens with zero attached hydrogens (tertiary/aromatic N) is 2. The quantitative estimate of drug-likeness (QED) is 0.860. The molecule has 1 aromatic heterocycles. The van der Waals surface area contributed by atoms with E-state index in [1.165, 1.54) is 28.0 Å². The number of nitrogens with one attached hydrogen (secondary N) is 1. The molecule has 1 heterocycles. The van der Waals surface area contributed by atoms with Crippen molar-refractivity contribution in [2.24, 2.45) is 0 Å². The Morgan fingerprint density at radius 1 is 1.29 bits per heavy atom. The van der Waals surface area contributed by atoms with Crippen molar-refractivity contribution in [1.29, 1.82) is 0 Å². The molecule has 1 N–H and O–H groups in total. The van der Waals surface area contributed by atoms with Gasteiger partial charge in [-0.3, -0.25) is 9.59 Å². The van der Waals surface area contributed by atoms with E-state index in [1.807, 2.05) is 5.38 Å². The summed E-state index contributed by atoms with van der Waals surface area (Å²) in [4.78, 5) is 29.2. The zero-order valence-electron chi connectivity index (χ0n) is 11.7. The number of carbonyl (C=O) groups excluding carboxylic acids is 2. The van der Waals surface area contributed by atoms with Gasteiger partial charge in [0.2, 0.25) is 5.91 Å². The second-order valence-electron chi connectivity index (χ2n) is 4.41. The highest BCUT2D eigenvalue weighted by molar-refractivity contribution is 8.01. The monoisotopic (exact) mass is 321 g/mol. The van der Waals surface area contributed by atoms with Gasteiger partial charge in [-0.2, -0.15) is 0 Å². The Kier molecular flexibility index (Phi) is 5.35. The minimum Gasteiger partial charge on any atom is -0.345 e. The van der Waals surface area contributed by atoms with Crippen LogP contribution in [0.1, 0.15) is 10.4 Å². The Labute approximate surface area is 131 Å². The third-order valence-corrected chi connectivity index (χ3v) is 4.52. The van der Waals surface area contributed by atoms with Crippen molar-refractivity contribution in [3.8, 4) is 0 Å². The second-order valence-corrected chi connectivity index (χ2v) is 6.53. The van der Waals surface area contributed by atoms with E-state index in [9.17, 15) is 9.59 Å². The molecule has 2 rings (SSSR count). The van der Waals surface area contributed by atoms with Crippen LogP contribution in [0.25, 0.3) is 0 Å². The number of hydrogen-bond acceptors (Lipinski definition) is 5. The minimum absolute atomic E-state index is 0.0628. The maximum atomic E-state index is 11.8. The summed E-state index contributed by atoms with van der Waals surface area (Å²) in [7, 11) is 3.40. The summed E-state index contributed by atoms with van der Waals surface area (Å²) in [6.45, 7) is 0. The van der Waals surface area contributed by atoms with E-state index in [4.69, 9.17) is 0 Å². The molecule has 0 radical (unpaired) electrons. The van der Waals surface area contributed by atoms with Crippen LogP contribution < -0.4 is 5.32 Å². The first kappa shape index (κ1) is 15.5. The predicted octanol–water partition coefficient (Wildman–Crippen LogP) is 2.58. The van der Waals surface area contributed by atoms with Crippen LogP contribution in [-0.4, -0.2) is 41.5 Å². The fourth-order valence-electron chi connectivity index (χ4n) is 1.56. The third-order valence-electron chi connectivity index (χ3n) is 2.56. The molecule has 7 heteroatoms. The first-order chi connectivity index (χ1) is 10.1. The summed E-state index contributed by atoms with van der Waals surface area (Å²) in [5.41, 5.74) is 1.27. The minimum atomic E-state index is -0.0955. The molecule has 0 aliphatic heterocycles. The lowest BCUT2D eigenvalue weighted by Gasteiger charge is -2.10.